The number of unbranched alkanes of at least 4 members (excludes halogenated alkanes) is 8. The summed E-state index contributed by atoms with van der Waals surface area (Å²) < 4.78 is 5.32. The standard InChI is InChI=1S/C20H40N2O2/c1-4-5-6-7-8-9-10-11-12-13-20(2,3)21-19(23)18-22-14-16-24-17-15-22/h4-18H2,1-3H3,(H,21,23). The molecule has 1 rings (SSSR count). The van der Waals surface area contributed by atoms with Crippen LogP contribution in [0, 0.1) is 0 Å². The van der Waals surface area contributed by atoms with Crippen molar-refractivity contribution in [3.8, 4) is 0 Å². The molecule has 0 aromatic heterocycles. The molecule has 1 aliphatic heterocycles. The van der Waals surface area contributed by atoms with Crippen molar-refractivity contribution >= 4 is 5.91 Å². The van der Waals surface area contributed by atoms with Crippen molar-refractivity contribution in [2.24, 2.45) is 0 Å². The van der Waals surface area contributed by atoms with E-state index in [1.54, 1.807) is 0 Å². The van der Waals surface area contributed by atoms with E-state index in [1.807, 2.05) is 0 Å². The van der Waals surface area contributed by atoms with Gasteiger partial charge in [-0.1, -0.05) is 64.7 Å². The minimum Gasteiger partial charge on any atom is -0.379 e. The molecule has 1 heterocycles. The maximum absolute atomic E-state index is 12.2. The average Bonchev–Trinajstić information content (AvgIpc) is 2.53. The van der Waals surface area contributed by atoms with E-state index in [0.717, 1.165) is 32.7 Å². The summed E-state index contributed by atoms with van der Waals surface area (Å²) >= 11 is 0. The van der Waals surface area contributed by atoms with Gasteiger partial charge in [-0.15, -0.1) is 0 Å². The molecule has 0 aliphatic carbocycles. The summed E-state index contributed by atoms with van der Waals surface area (Å²) in [6, 6.07) is 0. The first-order valence-corrected chi connectivity index (χ1v) is 10.1. The molecule has 0 aromatic carbocycles. The smallest absolute Gasteiger partial charge is 0.234 e. The lowest BCUT2D eigenvalue weighted by atomic mass is 9.95. The molecule has 4 heteroatoms. The molecule has 0 spiro atoms. The highest BCUT2D eigenvalue weighted by atomic mass is 16.5. The Morgan fingerprint density at radius 2 is 1.50 bits per heavy atom. The van der Waals surface area contributed by atoms with E-state index in [2.05, 4.69) is 31.0 Å². The highest BCUT2D eigenvalue weighted by Crippen LogP contribution is 2.16. The molecule has 1 aliphatic rings. The predicted molar refractivity (Wildman–Crippen MR) is 101 cm³/mol. The van der Waals surface area contributed by atoms with Crippen molar-refractivity contribution in [3.05, 3.63) is 0 Å². The predicted octanol–water partition coefficient (Wildman–Crippen LogP) is 4.13. The van der Waals surface area contributed by atoms with Crippen molar-refractivity contribution in [3.63, 3.8) is 0 Å². The van der Waals surface area contributed by atoms with Gasteiger partial charge < -0.3 is 10.1 Å². The van der Waals surface area contributed by atoms with Crippen LogP contribution in [0.2, 0.25) is 0 Å². The maximum atomic E-state index is 12.2. The first kappa shape index (κ1) is 21.4. The molecule has 1 fully saturated rings. The number of nitrogens with zero attached hydrogens (tertiary/aromatic N) is 1. The van der Waals surface area contributed by atoms with Crippen LogP contribution in [0.15, 0.2) is 0 Å². The molecule has 0 radical (unpaired) electrons. The van der Waals surface area contributed by atoms with Crippen molar-refractivity contribution in [2.75, 3.05) is 32.8 Å². The van der Waals surface area contributed by atoms with E-state index in [4.69, 9.17) is 4.74 Å². The number of hydrogen-bond donors (Lipinski definition) is 1. The number of hydrogen-bond acceptors (Lipinski definition) is 3. The van der Waals surface area contributed by atoms with Crippen LogP contribution in [-0.2, 0) is 9.53 Å². The Morgan fingerprint density at radius 1 is 0.958 bits per heavy atom. The molecule has 0 aromatic rings. The average molecular weight is 341 g/mol. The van der Waals surface area contributed by atoms with Gasteiger partial charge in [0.2, 0.25) is 5.91 Å². The number of nitrogens with one attached hydrogen (secondary N) is 1. The van der Waals surface area contributed by atoms with E-state index in [9.17, 15) is 4.79 Å². The van der Waals surface area contributed by atoms with Crippen molar-refractivity contribution in [2.45, 2.75) is 90.5 Å². The second-order valence-electron chi connectivity index (χ2n) is 7.90. The second-order valence-corrected chi connectivity index (χ2v) is 7.90. The summed E-state index contributed by atoms with van der Waals surface area (Å²) in [5.74, 6) is 0.151. The molecule has 24 heavy (non-hydrogen) atoms. The molecule has 142 valence electrons. The molecule has 0 saturated carbocycles. The molecule has 1 N–H and O–H groups in total. The van der Waals surface area contributed by atoms with Crippen molar-refractivity contribution < 1.29 is 9.53 Å². The van der Waals surface area contributed by atoms with Gasteiger partial charge in [0.25, 0.3) is 0 Å². The fourth-order valence-electron chi connectivity index (χ4n) is 3.32. The zero-order valence-electron chi connectivity index (χ0n) is 16.4. The summed E-state index contributed by atoms with van der Waals surface area (Å²) in [6.45, 7) is 10.3. The minimum atomic E-state index is -0.0928. The lowest BCUT2D eigenvalue weighted by molar-refractivity contribution is -0.124. The highest BCUT2D eigenvalue weighted by Gasteiger charge is 2.21. The van der Waals surface area contributed by atoms with E-state index in [1.165, 1.54) is 57.8 Å². The zero-order valence-corrected chi connectivity index (χ0v) is 16.4. The maximum Gasteiger partial charge on any atom is 0.234 e. The lowest BCUT2D eigenvalue weighted by Gasteiger charge is -2.30. The van der Waals surface area contributed by atoms with Gasteiger partial charge >= 0.3 is 0 Å². The van der Waals surface area contributed by atoms with Crippen molar-refractivity contribution in [1.29, 1.82) is 0 Å². The molecule has 0 bridgehead atoms. The van der Waals surface area contributed by atoms with E-state index in [0.29, 0.717) is 6.54 Å². The SMILES string of the molecule is CCCCCCCCCCCC(C)(C)NC(=O)CN1CCOCC1. The number of morpholine rings is 1. The largest absolute Gasteiger partial charge is 0.379 e. The fraction of sp³-hybridized carbons (Fsp3) is 0.950. The van der Waals surface area contributed by atoms with Gasteiger partial charge in [-0.2, -0.15) is 0 Å². The van der Waals surface area contributed by atoms with Crippen LogP contribution in [0.3, 0.4) is 0 Å². The van der Waals surface area contributed by atoms with Gasteiger partial charge in [0.1, 0.15) is 0 Å². The third-order valence-corrected chi connectivity index (χ3v) is 4.85. The molecular formula is C20H40N2O2. The third-order valence-electron chi connectivity index (χ3n) is 4.85. The minimum absolute atomic E-state index is 0.0928. The lowest BCUT2D eigenvalue weighted by Crippen LogP contribution is -2.49. The van der Waals surface area contributed by atoms with Crippen LogP contribution in [-0.4, -0.2) is 49.2 Å². The van der Waals surface area contributed by atoms with E-state index >= 15 is 0 Å². The Bertz CT molecular complexity index is 326. The van der Waals surface area contributed by atoms with E-state index < -0.39 is 0 Å². The monoisotopic (exact) mass is 340 g/mol. The Labute approximate surface area is 149 Å². The van der Waals surface area contributed by atoms with Crippen LogP contribution in [0.5, 0.6) is 0 Å². The molecule has 4 nitrogen and oxygen atoms in total. The van der Waals surface area contributed by atoms with Gasteiger partial charge in [-0.3, -0.25) is 9.69 Å². The molecule has 1 amide bonds. The Balaban J connectivity index is 2.02. The molecular weight excluding hydrogens is 300 g/mol. The van der Waals surface area contributed by atoms with Gasteiger partial charge in [0, 0.05) is 18.6 Å². The summed E-state index contributed by atoms with van der Waals surface area (Å²) in [7, 11) is 0. The number of carbonyl (C=O) groups is 1. The van der Waals surface area contributed by atoms with E-state index in [-0.39, 0.29) is 11.4 Å². The molecule has 0 atom stereocenters. The quantitative estimate of drug-likeness (QED) is 0.512. The number of rotatable bonds is 13. The van der Waals surface area contributed by atoms with Crippen LogP contribution in [0.1, 0.15) is 85.0 Å². The number of amides is 1. The normalized spacial score (nSPS) is 16.3. The number of carbonyl (C=O) groups excluding carboxylic acids is 1. The van der Waals surface area contributed by atoms with Crippen LogP contribution in [0.25, 0.3) is 0 Å². The Hall–Kier alpha value is -0.610. The first-order chi connectivity index (χ1) is 11.5. The van der Waals surface area contributed by atoms with Gasteiger partial charge in [0.05, 0.1) is 19.8 Å². The number of ether oxygens (including phenoxy) is 1. The zero-order chi connectivity index (χ0) is 17.7. The first-order valence-electron chi connectivity index (χ1n) is 10.1. The van der Waals surface area contributed by atoms with Crippen LogP contribution in [0.4, 0.5) is 0 Å². The van der Waals surface area contributed by atoms with Gasteiger partial charge in [-0.05, 0) is 20.3 Å². The van der Waals surface area contributed by atoms with Gasteiger partial charge in [-0.25, -0.2) is 0 Å². The third kappa shape index (κ3) is 11.0. The fourth-order valence-corrected chi connectivity index (χ4v) is 3.32. The summed E-state index contributed by atoms with van der Waals surface area (Å²) in [5, 5.41) is 3.21. The van der Waals surface area contributed by atoms with Crippen LogP contribution < -0.4 is 5.32 Å². The summed E-state index contributed by atoms with van der Waals surface area (Å²) in [4.78, 5) is 14.4. The second kappa shape index (κ2) is 12.7. The van der Waals surface area contributed by atoms with Gasteiger partial charge in [0.15, 0.2) is 0 Å². The topological polar surface area (TPSA) is 41.6 Å². The molecule has 0 unspecified atom stereocenters. The molecule has 1 saturated heterocycles. The van der Waals surface area contributed by atoms with Crippen LogP contribution >= 0.6 is 0 Å². The highest BCUT2D eigenvalue weighted by molar-refractivity contribution is 5.78. The summed E-state index contributed by atoms with van der Waals surface area (Å²) in [5.41, 5.74) is -0.0928. The Morgan fingerprint density at radius 3 is 2.08 bits per heavy atom. The Kier molecular flexibility index (Phi) is 11.4. The van der Waals surface area contributed by atoms with Crippen molar-refractivity contribution in [1.82, 2.24) is 10.2 Å². The summed E-state index contributed by atoms with van der Waals surface area (Å²) in [6.07, 6.45) is 13.2.